The quantitative estimate of drug-likeness (QED) is 0.833. The molecule has 1 N–H and O–H groups in total. The van der Waals surface area contributed by atoms with Crippen molar-refractivity contribution >= 4 is 34.5 Å². The minimum Gasteiger partial charge on any atom is -0.310 e. The number of halogens is 2. The second kappa shape index (κ2) is 7.25. The van der Waals surface area contributed by atoms with Crippen molar-refractivity contribution < 1.29 is 0 Å². The third kappa shape index (κ3) is 3.93. The first-order valence-corrected chi connectivity index (χ1v) is 7.90. The molecule has 5 heteroatoms. The number of nitrogens with one attached hydrogen (secondary N) is 1. The molecule has 0 aliphatic carbocycles. The first-order chi connectivity index (χ1) is 9.22. The fourth-order valence-electron chi connectivity index (χ4n) is 1.94. The number of hydrogen-bond donors (Lipinski definition) is 1. The van der Waals surface area contributed by atoms with E-state index in [4.69, 9.17) is 23.2 Å². The second-order valence-corrected chi connectivity index (χ2v) is 6.08. The van der Waals surface area contributed by atoms with Crippen LogP contribution >= 0.6 is 34.5 Å². The van der Waals surface area contributed by atoms with Gasteiger partial charge in [0, 0.05) is 23.5 Å². The molecule has 1 atom stereocenters. The van der Waals surface area contributed by atoms with E-state index in [0.717, 1.165) is 24.9 Å². The van der Waals surface area contributed by atoms with Gasteiger partial charge in [0.05, 0.1) is 15.6 Å². The Morgan fingerprint density at radius 3 is 2.89 bits per heavy atom. The summed E-state index contributed by atoms with van der Waals surface area (Å²) in [6, 6.07) is 5.96. The summed E-state index contributed by atoms with van der Waals surface area (Å²) in [5.74, 6) is 0. The van der Waals surface area contributed by atoms with Crippen molar-refractivity contribution in [1.29, 1.82) is 0 Å². The van der Waals surface area contributed by atoms with E-state index < -0.39 is 0 Å². The molecule has 0 amide bonds. The third-order valence-corrected chi connectivity index (χ3v) is 4.52. The van der Waals surface area contributed by atoms with E-state index in [-0.39, 0.29) is 6.04 Å². The van der Waals surface area contributed by atoms with Gasteiger partial charge in [0.25, 0.3) is 0 Å². The summed E-state index contributed by atoms with van der Waals surface area (Å²) in [4.78, 5) is 5.36. The van der Waals surface area contributed by atoms with Gasteiger partial charge in [-0.25, -0.2) is 0 Å². The molecule has 0 saturated carbocycles. The fraction of sp³-hybridized carbons (Fsp3) is 0.357. The van der Waals surface area contributed by atoms with Crippen LogP contribution in [0.5, 0.6) is 0 Å². The molecule has 0 radical (unpaired) electrons. The minimum absolute atomic E-state index is 0.173. The number of aromatic nitrogens is 1. The van der Waals surface area contributed by atoms with Crippen LogP contribution in [0.3, 0.4) is 0 Å². The topological polar surface area (TPSA) is 24.9 Å². The molecule has 0 bridgehead atoms. The van der Waals surface area contributed by atoms with Crippen LogP contribution in [0.2, 0.25) is 10.0 Å². The van der Waals surface area contributed by atoms with Crippen LogP contribution in [0.25, 0.3) is 0 Å². The van der Waals surface area contributed by atoms with Crippen LogP contribution in [-0.4, -0.2) is 11.5 Å². The molecule has 1 aromatic carbocycles. The predicted octanol–water partition coefficient (Wildman–Crippen LogP) is 4.73. The second-order valence-electron chi connectivity index (χ2n) is 4.32. The molecule has 0 saturated heterocycles. The van der Waals surface area contributed by atoms with Crippen molar-refractivity contribution in [2.45, 2.75) is 25.8 Å². The van der Waals surface area contributed by atoms with Gasteiger partial charge in [0.15, 0.2) is 0 Å². The van der Waals surface area contributed by atoms with Gasteiger partial charge in [-0.1, -0.05) is 42.3 Å². The molecular formula is C14H16Cl2N2S. The van der Waals surface area contributed by atoms with Gasteiger partial charge < -0.3 is 5.32 Å². The molecule has 0 aliphatic heterocycles. The lowest BCUT2D eigenvalue weighted by molar-refractivity contribution is 0.532. The van der Waals surface area contributed by atoms with Crippen LogP contribution in [0, 0.1) is 0 Å². The van der Waals surface area contributed by atoms with Crippen LogP contribution in [0.1, 0.15) is 29.8 Å². The van der Waals surface area contributed by atoms with Crippen LogP contribution < -0.4 is 5.32 Å². The van der Waals surface area contributed by atoms with Gasteiger partial charge in [-0.2, -0.15) is 0 Å². The molecule has 0 fully saturated rings. The van der Waals surface area contributed by atoms with Gasteiger partial charge >= 0.3 is 0 Å². The molecular weight excluding hydrogens is 299 g/mol. The zero-order valence-electron chi connectivity index (χ0n) is 10.7. The van der Waals surface area contributed by atoms with Crippen molar-refractivity contribution in [2.24, 2.45) is 0 Å². The van der Waals surface area contributed by atoms with E-state index in [1.807, 2.05) is 29.9 Å². The van der Waals surface area contributed by atoms with Gasteiger partial charge in [0.2, 0.25) is 0 Å². The number of thiazole rings is 1. The monoisotopic (exact) mass is 314 g/mol. The van der Waals surface area contributed by atoms with Crippen LogP contribution in [0.4, 0.5) is 0 Å². The zero-order valence-corrected chi connectivity index (χ0v) is 13.0. The summed E-state index contributed by atoms with van der Waals surface area (Å²) in [7, 11) is 0. The van der Waals surface area contributed by atoms with E-state index in [1.54, 1.807) is 11.3 Å². The highest BCUT2D eigenvalue weighted by atomic mass is 35.5. The minimum atomic E-state index is 0.173. The SMILES string of the molecule is CCCNC(Cc1cncs1)c1cccc(Cl)c1Cl. The van der Waals surface area contributed by atoms with Gasteiger partial charge in [-0.3, -0.25) is 4.98 Å². The van der Waals surface area contributed by atoms with E-state index in [1.165, 1.54) is 4.88 Å². The van der Waals surface area contributed by atoms with Crippen molar-refractivity contribution in [3.8, 4) is 0 Å². The van der Waals surface area contributed by atoms with Crippen LogP contribution in [0.15, 0.2) is 29.9 Å². The maximum Gasteiger partial charge on any atom is 0.0794 e. The standard InChI is InChI=1S/C14H16Cl2N2S/c1-2-6-18-13(7-10-8-17-9-19-10)11-4-3-5-12(15)14(11)16/h3-5,8-9,13,18H,2,6-7H2,1H3. The summed E-state index contributed by atoms with van der Waals surface area (Å²) >= 11 is 14.1. The maximum atomic E-state index is 6.32. The first-order valence-electron chi connectivity index (χ1n) is 6.27. The zero-order chi connectivity index (χ0) is 13.7. The fourth-order valence-corrected chi connectivity index (χ4v) is 3.03. The molecule has 2 rings (SSSR count). The molecule has 0 aliphatic rings. The lowest BCUT2D eigenvalue weighted by Gasteiger charge is -2.20. The maximum absolute atomic E-state index is 6.32. The smallest absolute Gasteiger partial charge is 0.0794 e. The summed E-state index contributed by atoms with van der Waals surface area (Å²) in [6.07, 6.45) is 3.87. The molecule has 102 valence electrons. The highest BCUT2D eigenvalue weighted by molar-refractivity contribution is 7.09. The number of hydrogen-bond acceptors (Lipinski definition) is 3. The molecule has 2 aromatic rings. The largest absolute Gasteiger partial charge is 0.310 e. The molecule has 1 heterocycles. The van der Waals surface area contributed by atoms with Crippen molar-refractivity contribution in [2.75, 3.05) is 6.54 Å². The first kappa shape index (κ1) is 14.8. The van der Waals surface area contributed by atoms with E-state index in [2.05, 4.69) is 17.2 Å². The summed E-state index contributed by atoms with van der Waals surface area (Å²) in [5, 5.41) is 4.77. The Labute approximate surface area is 127 Å². The molecule has 0 spiro atoms. The Morgan fingerprint density at radius 2 is 2.21 bits per heavy atom. The Kier molecular flexibility index (Phi) is 5.64. The Hall–Kier alpha value is -0.610. The molecule has 1 aromatic heterocycles. The van der Waals surface area contributed by atoms with Crippen LogP contribution in [-0.2, 0) is 6.42 Å². The van der Waals surface area contributed by atoms with Gasteiger partial charge in [0.1, 0.15) is 0 Å². The average Bonchev–Trinajstić information content (AvgIpc) is 2.91. The number of rotatable bonds is 6. The van der Waals surface area contributed by atoms with E-state index in [9.17, 15) is 0 Å². The molecule has 1 unspecified atom stereocenters. The predicted molar refractivity (Wildman–Crippen MR) is 83.3 cm³/mol. The highest BCUT2D eigenvalue weighted by Crippen LogP contribution is 2.32. The Balaban J connectivity index is 2.23. The molecule has 19 heavy (non-hydrogen) atoms. The van der Waals surface area contributed by atoms with Gasteiger partial charge in [-0.15, -0.1) is 11.3 Å². The summed E-state index contributed by atoms with van der Waals surface area (Å²) in [5.41, 5.74) is 2.90. The van der Waals surface area contributed by atoms with Crippen molar-refractivity contribution in [1.82, 2.24) is 10.3 Å². The molecule has 2 nitrogen and oxygen atoms in total. The van der Waals surface area contributed by atoms with Gasteiger partial charge in [-0.05, 0) is 24.6 Å². The third-order valence-electron chi connectivity index (χ3n) is 2.89. The number of benzene rings is 1. The summed E-state index contributed by atoms with van der Waals surface area (Å²) in [6.45, 7) is 3.10. The lowest BCUT2D eigenvalue weighted by atomic mass is 10.0. The van der Waals surface area contributed by atoms with E-state index >= 15 is 0 Å². The average molecular weight is 315 g/mol. The highest BCUT2D eigenvalue weighted by Gasteiger charge is 2.16. The normalized spacial score (nSPS) is 12.6. The summed E-state index contributed by atoms with van der Waals surface area (Å²) < 4.78 is 0. The lowest BCUT2D eigenvalue weighted by Crippen LogP contribution is -2.24. The van der Waals surface area contributed by atoms with Crippen molar-refractivity contribution in [3.63, 3.8) is 0 Å². The number of nitrogens with zero attached hydrogens (tertiary/aromatic N) is 1. The van der Waals surface area contributed by atoms with E-state index in [0.29, 0.717) is 10.0 Å². The van der Waals surface area contributed by atoms with Crippen molar-refractivity contribution in [3.05, 3.63) is 50.4 Å². The Bertz CT molecular complexity index is 514. The Morgan fingerprint density at radius 1 is 1.37 bits per heavy atom.